The van der Waals surface area contributed by atoms with E-state index in [0.29, 0.717) is 24.0 Å². The van der Waals surface area contributed by atoms with Crippen LogP contribution in [0.15, 0.2) is 6.20 Å². The average Bonchev–Trinajstić information content (AvgIpc) is 2.89. The summed E-state index contributed by atoms with van der Waals surface area (Å²) in [5.41, 5.74) is 3.17. The average molecular weight is 293 g/mol. The minimum absolute atomic E-state index is 0.145. The van der Waals surface area contributed by atoms with Crippen molar-refractivity contribution in [1.82, 2.24) is 15.3 Å². The van der Waals surface area contributed by atoms with Crippen LogP contribution in [0.1, 0.15) is 49.4 Å². The molecule has 2 unspecified atom stereocenters. The van der Waals surface area contributed by atoms with E-state index in [0.717, 1.165) is 13.0 Å². The Morgan fingerprint density at radius 1 is 1.57 bits per heavy atom. The maximum atomic E-state index is 12.3. The Labute approximate surface area is 124 Å². The number of carbonyl (C=O) groups is 1. The van der Waals surface area contributed by atoms with Gasteiger partial charge in [0.1, 0.15) is 5.82 Å². The van der Waals surface area contributed by atoms with Crippen LogP contribution in [-0.2, 0) is 4.74 Å². The molecule has 116 valence electrons. The van der Waals surface area contributed by atoms with Gasteiger partial charge in [-0.25, -0.2) is 9.97 Å². The number of hydrogen-bond acceptors (Lipinski definition) is 6. The quantitative estimate of drug-likeness (QED) is 0.554. The van der Waals surface area contributed by atoms with Gasteiger partial charge < -0.3 is 15.5 Å². The fraction of sp³-hybridized carbons (Fsp3) is 0.643. The molecular weight excluding hydrogens is 270 g/mol. The van der Waals surface area contributed by atoms with Crippen LogP contribution < -0.4 is 16.6 Å². The molecule has 4 N–H and O–H groups in total. The number of hydrazine groups is 1. The van der Waals surface area contributed by atoms with E-state index in [-0.39, 0.29) is 23.6 Å². The zero-order valence-corrected chi connectivity index (χ0v) is 12.7. The Morgan fingerprint density at radius 3 is 2.90 bits per heavy atom. The van der Waals surface area contributed by atoms with Crippen LogP contribution >= 0.6 is 0 Å². The van der Waals surface area contributed by atoms with Crippen LogP contribution in [0, 0.1) is 5.92 Å². The van der Waals surface area contributed by atoms with Crippen molar-refractivity contribution in [3.05, 3.63) is 17.7 Å². The number of carbonyl (C=O) groups excluding carboxylic acids is 1. The van der Waals surface area contributed by atoms with Gasteiger partial charge >= 0.3 is 0 Å². The summed E-state index contributed by atoms with van der Waals surface area (Å²) in [7, 11) is 0. The molecule has 2 rings (SSSR count). The summed E-state index contributed by atoms with van der Waals surface area (Å²) in [6.07, 6.45) is 2.68. The van der Waals surface area contributed by atoms with Crippen molar-refractivity contribution in [2.75, 3.05) is 18.6 Å². The summed E-state index contributed by atoms with van der Waals surface area (Å²) >= 11 is 0. The van der Waals surface area contributed by atoms with E-state index in [1.165, 1.54) is 0 Å². The Morgan fingerprint density at radius 2 is 2.33 bits per heavy atom. The lowest BCUT2D eigenvalue weighted by atomic mass is 10.0. The summed E-state index contributed by atoms with van der Waals surface area (Å²) in [6, 6.07) is 0. The molecule has 1 aromatic heterocycles. The van der Waals surface area contributed by atoms with Crippen LogP contribution in [0.3, 0.4) is 0 Å². The first-order chi connectivity index (χ1) is 10.0. The number of nitrogens with two attached hydrogens (primary N) is 1. The third kappa shape index (κ3) is 3.68. The van der Waals surface area contributed by atoms with E-state index in [4.69, 9.17) is 10.6 Å². The molecule has 0 bridgehead atoms. The summed E-state index contributed by atoms with van der Waals surface area (Å²) < 4.78 is 5.49. The molecule has 2 heterocycles. The smallest absolute Gasteiger partial charge is 0.272 e. The first-order valence-corrected chi connectivity index (χ1v) is 7.26. The lowest BCUT2D eigenvalue weighted by molar-refractivity contribution is 0.0903. The highest BCUT2D eigenvalue weighted by Crippen LogP contribution is 2.20. The molecule has 7 heteroatoms. The number of anilines is 1. The fourth-order valence-electron chi connectivity index (χ4n) is 2.30. The predicted molar refractivity (Wildman–Crippen MR) is 79.8 cm³/mol. The third-order valence-electron chi connectivity index (χ3n) is 3.75. The van der Waals surface area contributed by atoms with Crippen LogP contribution in [0.5, 0.6) is 0 Å². The van der Waals surface area contributed by atoms with E-state index >= 15 is 0 Å². The van der Waals surface area contributed by atoms with Gasteiger partial charge in [-0.05, 0) is 13.3 Å². The zero-order valence-electron chi connectivity index (χ0n) is 12.7. The van der Waals surface area contributed by atoms with E-state index in [1.807, 2.05) is 20.8 Å². The van der Waals surface area contributed by atoms with Crippen molar-refractivity contribution in [3.8, 4) is 0 Å². The second-order valence-electron chi connectivity index (χ2n) is 5.62. The van der Waals surface area contributed by atoms with Crippen molar-refractivity contribution < 1.29 is 9.53 Å². The predicted octanol–water partition coefficient (Wildman–Crippen LogP) is 1.04. The lowest BCUT2D eigenvalue weighted by Gasteiger charge is -2.16. The number of hydrogen-bond donors (Lipinski definition) is 3. The highest BCUT2D eigenvalue weighted by atomic mass is 16.5. The first kappa shape index (κ1) is 15.7. The third-order valence-corrected chi connectivity index (χ3v) is 3.75. The van der Waals surface area contributed by atoms with Gasteiger partial charge in [0.2, 0.25) is 0 Å². The maximum absolute atomic E-state index is 12.3. The van der Waals surface area contributed by atoms with Gasteiger partial charge in [0.15, 0.2) is 5.69 Å². The molecule has 2 atom stereocenters. The summed E-state index contributed by atoms with van der Waals surface area (Å²) in [4.78, 5) is 20.8. The molecule has 1 saturated heterocycles. The number of ether oxygens (including phenoxy) is 1. The van der Waals surface area contributed by atoms with Gasteiger partial charge in [-0.1, -0.05) is 13.8 Å². The highest BCUT2D eigenvalue weighted by Gasteiger charge is 2.25. The number of amides is 1. The van der Waals surface area contributed by atoms with Crippen molar-refractivity contribution >= 4 is 11.6 Å². The Bertz CT molecular complexity index is 506. The molecular formula is C14H23N5O2. The lowest BCUT2D eigenvalue weighted by Crippen LogP contribution is -2.33. The Balaban J connectivity index is 2.08. The minimum atomic E-state index is -0.244. The number of aromatic nitrogens is 2. The first-order valence-electron chi connectivity index (χ1n) is 7.26. The van der Waals surface area contributed by atoms with Crippen molar-refractivity contribution in [2.45, 2.75) is 39.2 Å². The monoisotopic (exact) mass is 293 g/mol. The summed E-state index contributed by atoms with van der Waals surface area (Å²) in [5, 5.41) is 2.91. The van der Waals surface area contributed by atoms with Crippen molar-refractivity contribution in [2.24, 2.45) is 11.8 Å². The summed E-state index contributed by atoms with van der Waals surface area (Å²) in [6.45, 7) is 7.31. The standard InChI is InChI=1S/C14H23N5O2/c1-8(2)13-16-7-11(19-15)12(18-13)14(20)17-6-10-4-5-21-9(10)3/h7-10,19H,4-6,15H2,1-3H3,(H,17,20). The minimum Gasteiger partial charge on any atom is -0.378 e. The summed E-state index contributed by atoms with van der Waals surface area (Å²) in [5.74, 6) is 6.29. The van der Waals surface area contributed by atoms with Crippen LogP contribution in [0.4, 0.5) is 5.69 Å². The van der Waals surface area contributed by atoms with Gasteiger partial charge in [0.25, 0.3) is 5.91 Å². The van der Waals surface area contributed by atoms with Gasteiger partial charge in [0.05, 0.1) is 18.0 Å². The molecule has 7 nitrogen and oxygen atoms in total. The van der Waals surface area contributed by atoms with Crippen LogP contribution in [0.25, 0.3) is 0 Å². The molecule has 1 amide bonds. The van der Waals surface area contributed by atoms with Gasteiger partial charge in [-0.2, -0.15) is 0 Å². The van der Waals surface area contributed by atoms with Gasteiger partial charge in [0, 0.05) is 25.0 Å². The zero-order chi connectivity index (χ0) is 15.4. The number of rotatable bonds is 5. The SMILES string of the molecule is CC(C)c1ncc(NN)c(C(=O)NCC2CCOC2C)n1. The largest absolute Gasteiger partial charge is 0.378 e. The van der Waals surface area contributed by atoms with Gasteiger partial charge in [-0.15, -0.1) is 0 Å². The molecule has 21 heavy (non-hydrogen) atoms. The van der Waals surface area contributed by atoms with Crippen LogP contribution in [0.2, 0.25) is 0 Å². The van der Waals surface area contributed by atoms with E-state index in [1.54, 1.807) is 6.20 Å². The second kappa shape index (κ2) is 6.82. The molecule has 1 aliphatic rings. The number of nitrogens with one attached hydrogen (secondary N) is 2. The molecule has 1 aromatic rings. The van der Waals surface area contributed by atoms with E-state index in [9.17, 15) is 4.79 Å². The molecule has 0 aromatic carbocycles. The molecule has 0 radical (unpaired) electrons. The molecule has 0 spiro atoms. The van der Waals surface area contributed by atoms with Crippen molar-refractivity contribution in [3.63, 3.8) is 0 Å². The normalized spacial score (nSPS) is 21.6. The fourth-order valence-corrected chi connectivity index (χ4v) is 2.30. The van der Waals surface area contributed by atoms with Gasteiger partial charge in [-0.3, -0.25) is 10.6 Å². The van der Waals surface area contributed by atoms with Crippen LogP contribution in [-0.4, -0.2) is 35.1 Å². The highest BCUT2D eigenvalue weighted by molar-refractivity contribution is 5.97. The van der Waals surface area contributed by atoms with E-state index < -0.39 is 0 Å². The molecule has 0 aliphatic carbocycles. The topological polar surface area (TPSA) is 102 Å². The molecule has 0 saturated carbocycles. The number of nitrogen functional groups attached to an aromatic ring is 1. The second-order valence-corrected chi connectivity index (χ2v) is 5.62. The van der Waals surface area contributed by atoms with E-state index in [2.05, 4.69) is 20.7 Å². The number of nitrogens with zero attached hydrogens (tertiary/aromatic N) is 2. The Kier molecular flexibility index (Phi) is 5.08. The van der Waals surface area contributed by atoms with Crippen molar-refractivity contribution in [1.29, 1.82) is 0 Å². The molecule has 1 aliphatic heterocycles. The maximum Gasteiger partial charge on any atom is 0.272 e. The Hall–Kier alpha value is -1.73. The molecule has 1 fully saturated rings.